The molecule has 0 aliphatic heterocycles. The lowest BCUT2D eigenvalue weighted by atomic mass is 10.1. The van der Waals surface area contributed by atoms with Crippen LogP contribution in [0.4, 0.5) is 0 Å². The van der Waals surface area contributed by atoms with Crippen molar-refractivity contribution in [3.05, 3.63) is 54.6 Å². The van der Waals surface area contributed by atoms with E-state index in [4.69, 9.17) is 11.6 Å². The summed E-state index contributed by atoms with van der Waals surface area (Å²) in [4.78, 5) is 2.88. The van der Waals surface area contributed by atoms with Crippen LogP contribution in [0.3, 0.4) is 0 Å². The Kier molecular flexibility index (Phi) is 4.35. The average molecular weight is 395 g/mol. The monoisotopic (exact) mass is 392 g/mol. The predicted molar refractivity (Wildman–Crippen MR) is 83.7 cm³/mol. The van der Waals surface area contributed by atoms with Crippen molar-refractivity contribution in [2.45, 2.75) is 18.7 Å². The van der Waals surface area contributed by atoms with E-state index >= 15 is 0 Å². The van der Waals surface area contributed by atoms with E-state index in [9.17, 15) is 0 Å². The number of halogens is 3. The summed E-state index contributed by atoms with van der Waals surface area (Å²) in [6.45, 7) is 4.29. The van der Waals surface area contributed by atoms with Gasteiger partial charge in [-0.05, 0) is 49.2 Å². The number of aryl methyl sites for hydroxylation is 2. The summed E-state index contributed by atoms with van der Waals surface area (Å²) in [6.07, 6.45) is 0. The van der Waals surface area contributed by atoms with E-state index in [-0.39, 0.29) is 4.83 Å². The first-order valence-corrected chi connectivity index (χ1v) is 8.04. The van der Waals surface area contributed by atoms with Crippen LogP contribution in [0.1, 0.15) is 25.7 Å². The molecule has 2 aromatic rings. The molecule has 1 unspecified atom stereocenters. The third-order valence-corrected chi connectivity index (χ3v) is 5.21. The highest BCUT2D eigenvalue weighted by Crippen LogP contribution is 2.38. The van der Waals surface area contributed by atoms with Crippen LogP contribution in [-0.2, 0) is 0 Å². The number of rotatable bonds is 2. The van der Waals surface area contributed by atoms with Gasteiger partial charge in [0.15, 0.2) is 0 Å². The van der Waals surface area contributed by atoms with E-state index in [1.165, 1.54) is 20.9 Å². The lowest BCUT2D eigenvalue weighted by Gasteiger charge is -2.11. The normalized spacial score (nSPS) is 12.8. The van der Waals surface area contributed by atoms with E-state index in [2.05, 4.69) is 57.8 Å². The minimum absolute atomic E-state index is 0.197. The fraction of sp³-hybridized carbons (Fsp3) is 0.231. The Balaban J connectivity index is 2.43. The van der Waals surface area contributed by atoms with Crippen molar-refractivity contribution in [1.82, 2.24) is 0 Å². The highest BCUT2D eigenvalue weighted by Gasteiger charge is 2.15. The molecule has 0 aliphatic rings. The lowest BCUT2D eigenvalue weighted by molar-refractivity contribution is 1.16. The molecule has 1 aromatic carbocycles. The van der Waals surface area contributed by atoms with Gasteiger partial charge >= 0.3 is 0 Å². The first-order chi connectivity index (χ1) is 7.97. The van der Waals surface area contributed by atoms with Gasteiger partial charge < -0.3 is 0 Å². The van der Waals surface area contributed by atoms with Gasteiger partial charge in [-0.25, -0.2) is 0 Å². The Morgan fingerprint density at radius 1 is 1.18 bits per heavy atom. The summed E-state index contributed by atoms with van der Waals surface area (Å²) in [6, 6.07) is 8.22. The molecule has 0 fully saturated rings. The summed E-state index contributed by atoms with van der Waals surface area (Å²) >= 11 is 15.1. The highest BCUT2D eigenvalue weighted by molar-refractivity contribution is 9.10. The van der Waals surface area contributed by atoms with Crippen LogP contribution in [0.5, 0.6) is 0 Å². The van der Waals surface area contributed by atoms with Gasteiger partial charge in [-0.3, -0.25) is 0 Å². The molecule has 0 nitrogen and oxygen atoms in total. The van der Waals surface area contributed by atoms with Crippen LogP contribution < -0.4 is 0 Å². The minimum Gasteiger partial charge on any atom is -0.146 e. The molecule has 1 aromatic heterocycles. The lowest BCUT2D eigenvalue weighted by Crippen LogP contribution is -1.92. The number of benzene rings is 1. The van der Waals surface area contributed by atoms with E-state index in [0.717, 1.165) is 9.50 Å². The van der Waals surface area contributed by atoms with Gasteiger partial charge in [-0.1, -0.05) is 43.5 Å². The van der Waals surface area contributed by atoms with Gasteiger partial charge in [0, 0.05) is 19.2 Å². The number of alkyl halides is 1. The summed E-state index contributed by atoms with van der Waals surface area (Å²) < 4.78 is 1.01. The van der Waals surface area contributed by atoms with Crippen LogP contribution in [0, 0.1) is 13.8 Å². The van der Waals surface area contributed by atoms with E-state index in [0.29, 0.717) is 0 Å². The van der Waals surface area contributed by atoms with Crippen molar-refractivity contribution in [2.75, 3.05) is 0 Å². The Labute approximate surface area is 127 Å². The van der Waals surface area contributed by atoms with Crippen molar-refractivity contribution in [1.29, 1.82) is 0 Å². The van der Waals surface area contributed by atoms with E-state index in [1.54, 1.807) is 0 Å². The maximum absolute atomic E-state index is 6.08. The van der Waals surface area contributed by atoms with Crippen molar-refractivity contribution >= 4 is 54.8 Å². The quantitative estimate of drug-likeness (QED) is 0.527. The Hall–Kier alpha value is 0.170. The Bertz CT molecular complexity index is 528. The second-order valence-corrected chi connectivity index (χ2v) is 7.66. The Morgan fingerprint density at radius 3 is 2.41 bits per heavy atom. The molecule has 0 N–H and O–H groups in total. The molecule has 0 radical (unpaired) electrons. The summed E-state index contributed by atoms with van der Waals surface area (Å²) in [5.41, 5.74) is 2.49. The molecule has 0 aliphatic carbocycles. The van der Waals surface area contributed by atoms with Crippen LogP contribution in [0.2, 0.25) is 5.02 Å². The smallest absolute Gasteiger partial charge is 0.0656 e. The molecule has 0 spiro atoms. The van der Waals surface area contributed by atoms with E-state index in [1.807, 2.05) is 23.5 Å². The van der Waals surface area contributed by atoms with Crippen LogP contribution >= 0.6 is 54.8 Å². The van der Waals surface area contributed by atoms with Crippen LogP contribution in [0.25, 0.3) is 0 Å². The second kappa shape index (κ2) is 5.43. The third kappa shape index (κ3) is 3.14. The molecular formula is C13H11Br2ClS. The standard InChI is InChI=1S/C13H11Br2ClS/c1-7-3-12(8(2)17-7)13(15)9-4-10(14)6-11(16)5-9/h3-6,13H,1-2H3. The number of hydrogen-bond acceptors (Lipinski definition) is 1. The Morgan fingerprint density at radius 2 is 1.88 bits per heavy atom. The van der Waals surface area contributed by atoms with Crippen molar-refractivity contribution in [3.63, 3.8) is 0 Å². The van der Waals surface area contributed by atoms with Crippen LogP contribution in [0.15, 0.2) is 28.7 Å². The molecule has 0 amide bonds. The fourth-order valence-corrected chi connectivity index (χ4v) is 4.54. The zero-order valence-corrected chi connectivity index (χ0v) is 14.2. The molecule has 0 saturated carbocycles. The maximum atomic E-state index is 6.08. The molecule has 1 atom stereocenters. The second-order valence-electron chi connectivity index (χ2n) is 3.93. The molecule has 2 rings (SSSR count). The fourth-order valence-electron chi connectivity index (χ4n) is 1.80. The molecular weight excluding hydrogens is 383 g/mol. The maximum Gasteiger partial charge on any atom is 0.0656 e. The molecule has 0 saturated heterocycles. The van der Waals surface area contributed by atoms with Crippen molar-refractivity contribution in [3.8, 4) is 0 Å². The zero-order valence-electron chi connectivity index (χ0n) is 9.43. The van der Waals surface area contributed by atoms with E-state index < -0.39 is 0 Å². The van der Waals surface area contributed by atoms with Gasteiger partial charge in [0.1, 0.15) is 0 Å². The molecule has 1 heterocycles. The first-order valence-electron chi connectivity index (χ1n) is 5.14. The molecule has 4 heteroatoms. The largest absolute Gasteiger partial charge is 0.146 e. The minimum atomic E-state index is 0.197. The number of thiophene rings is 1. The zero-order chi connectivity index (χ0) is 12.6. The van der Waals surface area contributed by atoms with Crippen molar-refractivity contribution < 1.29 is 0 Å². The van der Waals surface area contributed by atoms with Gasteiger partial charge in [0.05, 0.1) is 4.83 Å². The number of hydrogen-bond donors (Lipinski definition) is 0. The van der Waals surface area contributed by atoms with Gasteiger partial charge in [0.2, 0.25) is 0 Å². The first kappa shape index (κ1) is 13.6. The van der Waals surface area contributed by atoms with Gasteiger partial charge in [-0.2, -0.15) is 0 Å². The average Bonchev–Trinajstić information content (AvgIpc) is 2.55. The summed E-state index contributed by atoms with van der Waals surface area (Å²) in [7, 11) is 0. The predicted octanol–water partition coefficient (Wildman–Crippen LogP) is 6.27. The van der Waals surface area contributed by atoms with Gasteiger partial charge in [0.25, 0.3) is 0 Å². The third-order valence-electron chi connectivity index (χ3n) is 2.53. The molecule has 90 valence electrons. The highest BCUT2D eigenvalue weighted by atomic mass is 79.9. The van der Waals surface area contributed by atoms with Crippen molar-refractivity contribution in [2.24, 2.45) is 0 Å². The van der Waals surface area contributed by atoms with Crippen LogP contribution in [-0.4, -0.2) is 0 Å². The summed E-state index contributed by atoms with van der Waals surface area (Å²) in [5.74, 6) is 0. The topological polar surface area (TPSA) is 0 Å². The molecule has 17 heavy (non-hydrogen) atoms. The molecule has 0 bridgehead atoms. The van der Waals surface area contributed by atoms with Gasteiger partial charge in [-0.15, -0.1) is 11.3 Å². The SMILES string of the molecule is Cc1cc(C(Br)c2cc(Cl)cc(Br)c2)c(C)s1. The summed E-state index contributed by atoms with van der Waals surface area (Å²) in [5, 5.41) is 0.753.